The van der Waals surface area contributed by atoms with Crippen LogP contribution in [-0.4, -0.2) is 35.5 Å². The summed E-state index contributed by atoms with van der Waals surface area (Å²) in [6, 6.07) is 15.9. The Bertz CT molecular complexity index is 1000. The first-order chi connectivity index (χ1) is 14.6. The van der Waals surface area contributed by atoms with E-state index in [1.807, 2.05) is 49.4 Å². The summed E-state index contributed by atoms with van der Waals surface area (Å²) in [6.07, 6.45) is 2.53. The second-order valence-corrected chi connectivity index (χ2v) is 8.39. The van der Waals surface area contributed by atoms with E-state index in [-0.39, 0.29) is 11.8 Å². The molecule has 1 N–H and O–H groups in total. The van der Waals surface area contributed by atoms with E-state index in [0.29, 0.717) is 13.0 Å². The fourth-order valence-electron chi connectivity index (χ4n) is 3.66. The summed E-state index contributed by atoms with van der Waals surface area (Å²) in [5.74, 6) is 1.66. The van der Waals surface area contributed by atoms with Gasteiger partial charge in [-0.15, -0.1) is 0 Å². The van der Waals surface area contributed by atoms with Crippen molar-refractivity contribution in [3.05, 3.63) is 65.5 Å². The molecule has 30 heavy (non-hydrogen) atoms. The van der Waals surface area contributed by atoms with E-state index >= 15 is 0 Å². The van der Waals surface area contributed by atoms with Crippen LogP contribution in [0, 0.1) is 12.8 Å². The number of nitrogens with one attached hydrogen (secondary N) is 1. The number of hydrogen-bond acceptors (Lipinski definition) is 6. The molecule has 0 radical (unpaired) electrons. The molecule has 4 rings (SSSR count). The van der Waals surface area contributed by atoms with Crippen molar-refractivity contribution in [2.75, 3.05) is 30.4 Å². The van der Waals surface area contributed by atoms with Crippen molar-refractivity contribution >= 4 is 28.3 Å². The predicted molar refractivity (Wildman–Crippen MR) is 120 cm³/mol. The van der Waals surface area contributed by atoms with Crippen molar-refractivity contribution in [2.45, 2.75) is 26.2 Å². The molecule has 1 saturated heterocycles. The lowest BCUT2D eigenvalue weighted by molar-refractivity contribution is -0.120. The normalized spacial score (nSPS) is 16.3. The van der Waals surface area contributed by atoms with E-state index in [4.69, 9.17) is 9.72 Å². The quantitative estimate of drug-likeness (QED) is 0.641. The van der Waals surface area contributed by atoms with Crippen LogP contribution < -0.4 is 15.0 Å². The molecule has 0 unspecified atom stereocenters. The number of carbonyl (C=O) groups excluding carboxylic acids is 1. The Labute approximate surface area is 181 Å². The second kappa shape index (κ2) is 9.26. The van der Waals surface area contributed by atoms with Crippen LogP contribution in [0.4, 0.5) is 10.8 Å². The van der Waals surface area contributed by atoms with Gasteiger partial charge >= 0.3 is 0 Å². The summed E-state index contributed by atoms with van der Waals surface area (Å²) in [4.78, 5) is 19.7. The summed E-state index contributed by atoms with van der Waals surface area (Å²) in [5, 5.41) is 3.94. The lowest BCUT2D eigenvalue weighted by Gasteiger charge is -2.31. The monoisotopic (exact) mass is 422 g/mol. The zero-order valence-corrected chi connectivity index (χ0v) is 18.1. The van der Waals surface area contributed by atoms with Gasteiger partial charge in [0, 0.05) is 36.7 Å². The van der Waals surface area contributed by atoms with Crippen LogP contribution in [0.5, 0.6) is 5.75 Å². The lowest BCUT2D eigenvalue weighted by Crippen LogP contribution is -2.40. The summed E-state index contributed by atoms with van der Waals surface area (Å²) in [5.41, 5.74) is 3.14. The lowest BCUT2D eigenvalue weighted by atomic mass is 9.97. The first-order valence-corrected chi connectivity index (χ1v) is 11.0. The Morgan fingerprint density at radius 1 is 1.27 bits per heavy atom. The average Bonchev–Trinajstić information content (AvgIpc) is 3.24. The third-order valence-corrected chi connectivity index (χ3v) is 6.15. The highest BCUT2D eigenvalue weighted by Gasteiger charge is 2.27. The predicted octanol–water partition coefficient (Wildman–Crippen LogP) is 4.30. The van der Waals surface area contributed by atoms with Crippen molar-refractivity contribution in [3.63, 3.8) is 0 Å². The molecule has 7 heteroatoms. The third-order valence-electron chi connectivity index (χ3n) is 5.34. The fraction of sp³-hybridized carbons (Fsp3) is 0.348. The number of methoxy groups -OCH3 is 1. The zero-order chi connectivity index (χ0) is 20.9. The van der Waals surface area contributed by atoms with Gasteiger partial charge in [0.2, 0.25) is 11.0 Å². The highest BCUT2D eigenvalue weighted by Crippen LogP contribution is 2.26. The molecule has 0 saturated carbocycles. The Hall–Kier alpha value is -2.93. The first kappa shape index (κ1) is 20.3. The van der Waals surface area contributed by atoms with Crippen molar-refractivity contribution in [2.24, 2.45) is 5.92 Å². The standard InChI is InChI=1S/C23H26N4O2S/c1-16-8-10-19(11-9-16)24-22(28)18-6-4-12-27(15-18)23-25-21(26-30-23)14-17-5-3-7-20(13-17)29-2/h3,5,7-11,13,18H,4,6,12,14-15H2,1-2H3,(H,24,28)/t18-/m1/s1. The molecule has 1 amide bonds. The van der Waals surface area contributed by atoms with E-state index in [1.54, 1.807) is 7.11 Å². The Balaban J connectivity index is 1.38. The number of amides is 1. The van der Waals surface area contributed by atoms with Gasteiger partial charge in [-0.1, -0.05) is 29.8 Å². The summed E-state index contributed by atoms with van der Waals surface area (Å²) in [6.45, 7) is 3.61. The molecule has 1 atom stereocenters. The molecule has 1 fully saturated rings. The Morgan fingerprint density at radius 3 is 2.90 bits per heavy atom. The molecule has 3 aromatic rings. The number of aromatic nitrogens is 2. The van der Waals surface area contributed by atoms with Gasteiger partial charge in [-0.05, 0) is 49.6 Å². The molecule has 0 spiro atoms. The minimum absolute atomic E-state index is 0.0502. The van der Waals surface area contributed by atoms with Crippen LogP contribution in [0.2, 0.25) is 0 Å². The fourth-order valence-corrected chi connectivity index (χ4v) is 4.38. The van der Waals surface area contributed by atoms with Gasteiger partial charge in [-0.3, -0.25) is 4.79 Å². The topological polar surface area (TPSA) is 67.3 Å². The van der Waals surface area contributed by atoms with Gasteiger partial charge in [0.15, 0.2) is 0 Å². The highest BCUT2D eigenvalue weighted by atomic mass is 32.1. The smallest absolute Gasteiger partial charge is 0.229 e. The Morgan fingerprint density at radius 2 is 2.10 bits per heavy atom. The Kier molecular flexibility index (Phi) is 6.28. The van der Waals surface area contributed by atoms with E-state index < -0.39 is 0 Å². The number of nitrogens with zero attached hydrogens (tertiary/aromatic N) is 3. The van der Waals surface area contributed by atoms with Gasteiger partial charge in [-0.2, -0.15) is 4.37 Å². The van der Waals surface area contributed by atoms with Crippen LogP contribution in [0.1, 0.15) is 29.8 Å². The maximum absolute atomic E-state index is 12.8. The summed E-state index contributed by atoms with van der Waals surface area (Å²) >= 11 is 1.41. The maximum Gasteiger partial charge on any atom is 0.229 e. The van der Waals surface area contributed by atoms with Gasteiger partial charge in [0.25, 0.3) is 0 Å². The molecule has 0 aliphatic carbocycles. The van der Waals surface area contributed by atoms with Crippen LogP contribution in [-0.2, 0) is 11.2 Å². The van der Waals surface area contributed by atoms with Crippen LogP contribution in [0.25, 0.3) is 0 Å². The summed E-state index contributed by atoms with van der Waals surface area (Å²) < 4.78 is 9.83. The zero-order valence-electron chi connectivity index (χ0n) is 17.3. The molecule has 2 heterocycles. The van der Waals surface area contributed by atoms with Crippen LogP contribution in [0.15, 0.2) is 48.5 Å². The number of ether oxygens (including phenoxy) is 1. The molecule has 156 valence electrons. The molecule has 0 bridgehead atoms. The first-order valence-electron chi connectivity index (χ1n) is 10.2. The maximum atomic E-state index is 12.8. The second-order valence-electron chi connectivity index (χ2n) is 7.66. The van der Waals surface area contributed by atoms with E-state index in [9.17, 15) is 4.79 Å². The number of aryl methyl sites for hydroxylation is 1. The molecular weight excluding hydrogens is 396 g/mol. The van der Waals surface area contributed by atoms with Crippen LogP contribution in [0.3, 0.4) is 0 Å². The number of benzene rings is 2. The number of carbonyl (C=O) groups is 1. The number of piperidine rings is 1. The molecule has 1 aromatic heterocycles. The largest absolute Gasteiger partial charge is 0.497 e. The van der Waals surface area contributed by atoms with Crippen LogP contribution >= 0.6 is 11.5 Å². The average molecular weight is 423 g/mol. The third kappa shape index (κ3) is 4.97. The van der Waals surface area contributed by atoms with Crippen molar-refractivity contribution in [1.82, 2.24) is 9.36 Å². The van der Waals surface area contributed by atoms with Crippen molar-refractivity contribution in [3.8, 4) is 5.75 Å². The SMILES string of the molecule is COc1cccc(Cc2nsc(N3CCC[C@@H](C(=O)Nc4ccc(C)cc4)C3)n2)c1. The molecule has 1 aliphatic rings. The number of rotatable bonds is 6. The van der Waals surface area contributed by atoms with Gasteiger partial charge in [0.1, 0.15) is 11.6 Å². The van der Waals surface area contributed by atoms with E-state index in [0.717, 1.165) is 47.3 Å². The molecular formula is C23H26N4O2S. The molecule has 1 aliphatic heterocycles. The van der Waals surface area contributed by atoms with E-state index in [2.05, 4.69) is 20.7 Å². The number of anilines is 2. The molecule has 2 aromatic carbocycles. The van der Waals surface area contributed by atoms with Crippen molar-refractivity contribution < 1.29 is 9.53 Å². The summed E-state index contributed by atoms with van der Waals surface area (Å²) in [7, 11) is 1.67. The minimum atomic E-state index is -0.0502. The van der Waals surface area contributed by atoms with Gasteiger partial charge < -0.3 is 15.0 Å². The highest BCUT2D eigenvalue weighted by molar-refractivity contribution is 7.09. The number of hydrogen-bond donors (Lipinski definition) is 1. The molecule has 6 nitrogen and oxygen atoms in total. The van der Waals surface area contributed by atoms with Crippen molar-refractivity contribution in [1.29, 1.82) is 0 Å². The van der Waals surface area contributed by atoms with Gasteiger partial charge in [-0.25, -0.2) is 4.98 Å². The minimum Gasteiger partial charge on any atom is -0.497 e. The van der Waals surface area contributed by atoms with Gasteiger partial charge in [0.05, 0.1) is 13.0 Å². The van der Waals surface area contributed by atoms with E-state index in [1.165, 1.54) is 17.1 Å².